The van der Waals surface area contributed by atoms with E-state index in [1.54, 1.807) is 0 Å². The topological polar surface area (TPSA) is 61.4 Å². The molecule has 0 unspecified atom stereocenters. The zero-order valence-electron chi connectivity index (χ0n) is 17.6. The molecule has 0 saturated heterocycles. The van der Waals surface area contributed by atoms with E-state index >= 15 is 0 Å². The van der Waals surface area contributed by atoms with Crippen LogP contribution in [0.1, 0.15) is 90.9 Å². The molecule has 28 heavy (non-hydrogen) atoms. The van der Waals surface area contributed by atoms with Crippen LogP contribution in [0.4, 0.5) is 0 Å². The molecule has 0 bridgehead atoms. The lowest BCUT2D eigenvalue weighted by Crippen LogP contribution is -1.98. The summed E-state index contributed by atoms with van der Waals surface area (Å²) in [5.41, 5.74) is 0. The molecule has 0 aliphatic rings. The highest BCUT2D eigenvalue weighted by molar-refractivity contribution is 8.76. The average molecular weight is 425 g/mol. The van der Waals surface area contributed by atoms with Crippen LogP contribution >= 0.6 is 21.6 Å². The zero-order chi connectivity index (χ0) is 19.9. The van der Waals surface area contributed by atoms with E-state index in [9.17, 15) is 0 Å². The largest absolute Gasteiger partial charge is 0.252 e. The van der Waals surface area contributed by atoms with Gasteiger partial charge in [-0.1, -0.05) is 78.1 Å². The average Bonchev–Trinajstić information content (AvgIpc) is 3.35. The Kier molecular flexibility index (Phi) is 12.4. The smallest absolute Gasteiger partial charge is 0.219 e. The van der Waals surface area contributed by atoms with Gasteiger partial charge in [-0.25, -0.2) is 9.97 Å². The fourth-order valence-electron chi connectivity index (χ4n) is 3.03. The molecule has 0 saturated carbocycles. The van der Waals surface area contributed by atoms with Crippen molar-refractivity contribution in [2.24, 2.45) is 0 Å². The van der Waals surface area contributed by atoms with E-state index in [1.165, 1.54) is 98.6 Å². The van der Waals surface area contributed by atoms with Gasteiger partial charge in [-0.15, -0.1) is 10.2 Å². The standard InChI is InChI=1S/C20H36N6S2/c1-3-5-7-9-11-13-15-25-17-21-19(23-25)27-28-20-22-18-26(24-20)16-14-12-10-8-6-4-2/h17-18H,3-16H2,1-2H3. The van der Waals surface area contributed by atoms with E-state index in [2.05, 4.69) is 34.0 Å². The van der Waals surface area contributed by atoms with Gasteiger partial charge in [-0.3, -0.25) is 9.36 Å². The van der Waals surface area contributed by atoms with Crippen molar-refractivity contribution >= 4 is 21.6 Å². The number of hydrogen-bond acceptors (Lipinski definition) is 6. The maximum Gasteiger partial charge on any atom is 0.219 e. The van der Waals surface area contributed by atoms with Crippen LogP contribution in [0.3, 0.4) is 0 Å². The summed E-state index contributed by atoms with van der Waals surface area (Å²) in [6.45, 7) is 6.41. The van der Waals surface area contributed by atoms with Crippen LogP contribution in [-0.2, 0) is 13.1 Å². The van der Waals surface area contributed by atoms with Crippen molar-refractivity contribution < 1.29 is 0 Å². The summed E-state index contributed by atoms with van der Waals surface area (Å²) in [4.78, 5) is 8.77. The predicted octanol–water partition coefficient (Wildman–Crippen LogP) is 6.39. The van der Waals surface area contributed by atoms with Gasteiger partial charge in [-0.2, -0.15) is 0 Å². The summed E-state index contributed by atoms with van der Waals surface area (Å²) in [5.74, 6) is 0. The van der Waals surface area contributed by atoms with Gasteiger partial charge < -0.3 is 0 Å². The van der Waals surface area contributed by atoms with Gasteiger partial charge in [-0.05, 0) is 34.4 Å². The van der Waals surface area contributed by atoms with E-state index in [-0.39, 0.29) is 0 Å². The second-order valence-corrected chi connectivity index (χ2v) is 9.35. The maximum absolute atomic E-state index is 4.54. The highest BCUT2D eigenvalue weighted by atomic mass is 33.1. The molecule has 0 spiro atoms. The molecule has 0 amide bonds. The Hall–Kier alpha value is -1.02. The first-order chi connectivity index (χ1) is 13.8. The number of hydrogen-bond donors (Lipinski definition) is 0. The maximum atomic E-state index is 4.54. The molecule has 2 aromatic heterocycles. The number of aryl methyl sites for hydroxylation is 2. The third-order valence-electron chi connectivity index (χ3n) is 4.70. The Morgan fingerprint density at radius 3 is 1.43 bits per heavy atom. The Morgan fingerprint density at radius 2 is 1.00 bits per heavy atom. The molecular weight excluding hydrogens is 388 g/mol. The van der Waals surface area contributed by atoms with Crippen molar-refractivity contribution in [3.8, 4) is 0 Å². The molecule has 2 heterocycles. The van der Waals surface area contributed by atoms with Crippen LogP contribution in [0.5, 0.6) is 0 Å². The SMILES string of the molecule is CCCCCCCCn1cnc(SSc2ncn(CCCCCCCC)n2)n1. The monoisotopic (exact) mass is 424 g/mol. The first kappa shape index (κ1) is 23.3. The van der Waals surface area contributed by atoms with Gasteiger partial charge in [0, 0.05) is 13.1 Å². The molecule has 0 aromatic carbocycles. The highest BCUT2D eigenvalue weighted by Gasteiger charge is 2.07. The molecule has 0 N–H and O–H groups in total. The third-order valence-corrected chi connectivity index (χ3v) is 6.60. The van der Waals surface area contributed by atoms with Crippen LogP contribution in [0, 0.1) is 0 Å². The number of nitrogens with zero attached hydrogens (tertiary/aromatic N) is 6. The van der Waals surface area contributed by atoms with E-state index < -0.39 is 0 Å². The van der Waals surface area contributed by atoms with Crippen LogP contribution in [0.2, 0.25) is 0 Å². The van der Waals surface area contributed by atoms with Gasteiger partial charge >= 0.3 is 0 Å². The summed E-state index contributed by atoms with van der Waals surface area (Å²) in [6, 6.07) is 0. The van der Waals surface area contributed by atoms with Gasteiger partial charge in [0.15, 0.2) is 0 Å². The van der Waals surface area contributed by atoms with E-state index in [0.717, 1.165) is 23.4 Å². The fourth-order valence-corrected chi connectivity index (χ4v) is 4.54. The molecule has 2 aromatic rings. The zero-order valence-corrected chi connectivity index (χ0v) is 19.2. The third kappa shape index (κ3) is 9.96. The van der Waals surface area contributed by atoms with Crippen molar-refractivity contribution in [2.45, 2.75) is 114 Å². The molecule has 6 nitrogen and oxygen atoms in total. The quantitative estimate of drug-likeness (QED) is 0.216. The molecule has 0 atom stereocenters. The lowest BCUT2D eigenvalue weighted by atomic mass is 10.1. The van der Waals surface area contributed by atoms with Crippen molar-refractivity contribution in [1.82, 2.24) is 29.5 Å². The van der Waals surface area contributed by atoms with Crippen molar-refractivity contribution in [1.29, 1.82) is 0 Å². The van der Waals surface area contributed by atoms with Crippen molar-refractivity contribution in [3.63, 3.8) is 0 Å². The van der Waals surface area contributed by atoms with Gasteiger partial charge in [0.25, 0.3) is 0 Å². The van der Waals surface area contributed by atoms with Crippen molar-refractivity contribution in [3.05, 3.63) is 12.7 Å². The number of rotatable bonds is 17. The molecule has 2 rings (SSSR count). The molecule has 0 aliphatic heterocycles. The summed E-state index contributed by atoms with van der Waals surface area (Å²) in [5, 5.41) is 10.6. The van der Waals surface area contributed by atoms with Crippen LogP contribution < -0.4 is 0 Å². The molecule has 0 radical (unpaired) electrons. The molecule has 0 fully saturated rings. The van der Waals surface area contributed by atoms with Gasteiger partial charge in [0.2, 0.25) is 10.3 Å². The summed E-state index contributed by atoms with van der Waals surface area (Å²) in [6.07, 6.45) is 19.2. The second-order valence-electron chi connectivity index (χ2n) is 7.28. The number of aromatic nitrogens is 6. The summed E-state index contributed by atoms with van der Waals surface area (Å²) < 4.78 is 3.90. The van der Waals surface area contributed by atoms with Crippen LogP contribution in [-0.4, -0.2) is 29.5 Å². The van der Waals surface area contributed by atoms with E-state index in [1.807, 2.05) is 22.0 Å². The predicted molar refractivity (Wildman–Crippen MR) is 119 cm³/mol. The normalized spacial score (nSPS) is 11.4. The lowest BCUT2D eigenvalue weighted by molar-refractivity contribution is 0.521. The minimum Gasteiger partial charge on any atom is -0.252 e. The van der Waals surface area contributed by atoms with Gasteiger partial charge in [0.05, 0.1) is 0 Å². The first-order valence-corrected chi connectivity index (χ1v) is 13.1. The van der Waals surface area contributed by atoms with E-state index in [0.29, 0.717) is 0 Å². The Balaban J connectivity index is 1.58. The molecule has 8 heteroatoms. The minimum absolute atomic E-state index is 0.781. The Bertz CT molecular complexity index is 573. The first-order valence-electron chi connectivity index (χ1n) is 10.9. The number of unbranched alkanes of at least 4 members (excludes halogenated alkanes) is 10. The summed E-state index contributed by atoms with van der Waals surface area (Å²) >= 11 is 0. The molecular formula is C20H36N6S2. The van der Waals surface area contributed by atoms with Crippen molar-refractivity contribution in [2.75, 3.05) is 0 Å². The van der Waals surface area contributed by atoms with Gasteiger partial charge in [0.1, 0.15) is 12.7 Å². The fraction of sp³-hybridized carbons (Fsp3) is 0.800. The Labute approximate surface area is 178 Å². The highest BCUT2D eigenvalue weighted by Crippen LogP contribution is 2.32. The Morgan fingerprint density at radius 1 is 0.607 bits per heavy atom. The van der Waals surface area contributed by atoms with Crippen LogP contribution in [0.25, 0.3) is 0 Å². The second kappa shape index (κ2) is 14.9. The van der Waals surface area contributed by atoms with Crippen LogP contribution in [0.15, 0.2) is 23.0 Å². The molecule has 158 valence electrons. The lowest BCUT2D eigenvalue weighted by Gasteiger charge is -2.01. The molecule has 0 aliphatic carbocycles. The van der Waals surface area contributed by atoms with E-state index in [4.69, 9.17) is 0 Å². The summed E-state index contributed by atoms with van der Waals surface area (Å²) in [7, 11) is 3.06. The minimum atomic E-state index is 0.781.